The van der Waals surface area contributed by atoms with Crippen LogP contribution in [0.4, 0.5) is 0 Å². The molecule has 7 heteroatoms. The molecule has 2 nitrogen and oxygen atoms in total. The van der Waals surface area contributed by atoms with Gasteiger partial charge in [0.25, 0.3) is 0 Å². The fourth-order valence-corrected chi connectivity index (χ4v) is 0.254. The maximum absolute atomic E-state index is 10.2. The fraction of sp³-hybridized carbons (Fsp3) is 0.400. The van der Waals surface area contributed by atoms with E-state index in [-0.39, 0.29) is 53.5 Å². The molecule has 0 rings (SSSR count). The number of hydrogen-bond acceptors (Lipinski definition) is 2. The number of carbonyl (C=O) groups is 1. The number of allylic oxidation sites excluding steroid dienone is 1. The van der Waals surface area contributed by atoms with Crippen molar-refractivity contribution < 1.29 is 46.0 Å². The number of ketones is 1. The molecule has 0 spiro atoms. The molecular weight excluding hydrogens is 259 g/mol. The van der Waals surface area contributed by atoms with E-state index in [4.69, 9.17) is 5.73 Å². The van der Waals surface area contributed by atoms with Crippen molar-refractivity contribution >= 4 is 5.78 Å². The predicted molar refractivity (Wildman–Crippen MR) is 28.9 cm³/mol. The van der Waals surface area contributed by atoms with Crippen LogP contribution in [0.5, 0.6) is 0 Å². The van der Waals surface area contributed by atoms with Gasteiger partial charge in [-0.25, -0.2) is 0 Å². The molecule has 0 saturated heterocycles. The molecule has 0 aromatic carbocycles. The number of nitrogens with two attached hydrogens (primary N) is 1. The summed E-state index contributed by atoms with van der Waals surface area (Å²) >= 11 is 0. The normalized spacial score (nSPS) is 5.83. The Morgan fingerprint density at radius 3 is 1.67 bits per heavy atom. The molecule has 0 aromatic rings. The van der Waals surface area contributed by atoms with Crippen LogP contribution in [0.25, 0.3) is 0 Å². The second-order valence-corrected chi connectivity index (χ2v) is 1.17. The Balaban J connectivity index is -0.0000000180. The Kier molecular flexibility index (Phi) is 105. The SMILES string of the molecule is CC=CC(=O)CN.[F-].[F-].[F-].[F-].[Nb+4]. The summed E-state index contributed by atoms with van der Waals surface area (Å²) in [6.07, 6.45) is 3.13. The molecule has 0 aliphatic heterocycles. The van der Waals surface area contributed by atoms with Crippen molar-refractivity contribution in [2.24, 2.45) is 5.73 Å². The number of halogens is 4. The molecule has 2 N–H and O–H groups in total. The Labute approximate surface area is 83.6 Å². The van der Waals surface area contributed by atoms with Crippen molar-refractivity contribution in [3.05, 3.63) is 12.2 Å². The second-order valence-electron chi connectivity index (χ2n) is 1.17. The summed E-state index contributed by atoms with van der Waals surface area (Å²) in [6.45, 7) is 1.90. The van der Waals surface area contributed by atoms with Gasteiger partial charge in [0, 0.05) is 0 Å². The minimum absolute atomic E-state index is 0. The van der Waals surface area contributed by atoms with Crippen molar-refractivity contribution in [1.82, 2.24) is 0 Å². The molecule has 12 heavy (non-hydrogen) atoms. The van der Waals surface area contributed by atoms with Crippen molar-refractivity contribution in [1.29, 1.82) is 0 Å². The Bertz CT molecular complexity index is 101. The van der Waals surface area contributed by atoms with Crippen LogP contribution < -0.4 is 24.6 Å². The zero-order valence-electron chi connectivity index (χ0n) is 6.31. The van der Waals surface area contributed by atoms with Gasteiger partial charge in [-0.3, -0.25) is 4.79 Å². The third-order valence-electron chi connectivity index (χ3n) is 0.554. The standard InChI is InChI=1S/C5H9NO.4FH.Nb/c1-2-3-5(7)4-6;;;;;/h2-3H,4,6H2,1H3;4*1H;/q;;;;;+4/p-4. The van der Waals surface area contributed by atoms with Gasteiger partial charge in [0.05, 0.1) is 6.54 Å². The molecule has 0 fully saturated rings. The molecule has 0 bridgehead atoms. The molecule has 0 heterocycles. The van der Waals surface area contributed by atoms with Gasteiger partial charge in [-0.15, -0.1) is 0 Å². The summed E-state index contributed by atoms with van der Waals surface area (Å²) in [6, 6.07) is 0. The average molecular weight is 268 g/mol. The first-order chi connectivity index (χ1) is 3.31. The summed E-state index contributed by atoms with van der Waals surface area (Å²) in [5.41, 5.74) is 4.96. The smallest absolute Gasteiger partial charge is 1.00 e. The Morgan fingerprint density at radius 1 is 1.25 bits per heavy atom. The number of hydrogen-bond donors (Lipinski definition) is 1. The molecule has 0 aliphatic rings. The van der Waals surface area contributed by atoms with E-state index < -0.39 is 0 Å². The average Bonchev–Trinajstić information content (AvgIpc) is 1.68. The fourth-order valence-electron chi connectivity index (χ4n) is 0.254. The maximum atomic E-state index is 10.2. The third kappa shape index (κ3) is 32.9. The maximum Gasteiger partial charge on any atom is 4.00 e. The van der Waals surface area contributed by atoms with Crippen LogP contribution in [-0.2, 0) is 27.2 Å². The van der Waals surface area contributed by atoms with Crippen LogP contribution >= 0.6 is 0 Å². The van der Waals surface area contributed by atoms with Crippen LogP contribution in [0.15, 0.2) is 12.2 Å². The molecule has 0 aromatic heterocycles. The molecule has 0 amide bonds. The first kappa shape index (κ1) is 40.8. The Hall–Kier alpha value is -0.170. The summed E-state index contributed by atoms with van der Waals surface area (Å²) in [7, 11) is 0. The van der Waals surface area contributed by atoms with Gasteiger partial charge in [-0.2, -0.15) is 0 Å². The Morgan fingerprint density at radius 2 is 1.58 bits per heavy atom. The van der Waals surface area contributed by atoms with Crippen molar-refractivity contribution in [3.8, 4) is 0 Å². The minimum Gasteiger partial charge on any atom is -1.00 e. The second kappa shape index (κ2) is 30.8. The summed E-state index contributed by atoms with van der Waals surface area (Å²) in [4.78, 5) is 10.2. The molecule has 0 saturated carbocycles. The van der Waals surface area contributed by atoms with E-state index in [9.17, 15) is 4.79 Å². The molecule has 1 radical (unpaired) electrons. The van der Waals surface area contributed by atoms with Crippen LogP contribution in [0, 0.1) is 0 Å². The van der Waals surface area contributed by atoms with Crippen LogP contribution in [-0.4, -0.2) is 12.3 Å². The van der Waals surface area contributed by atoms with E-state index in [1.54, 1.807) is 13.0 Å². The van der Waals surface area contributed by atoms with E-state index in [2.05, 4.69) is 0 Å². The van der Waals surface area contributed by atoms with Gasteiger partial charge in [-0.05, 0) is 13.0 Å². The van der Waals surface area contributed by atoms with Gasteiger partial charge in [0.2, 0.25) is 0 Å². The first-order valence-electron chi connectivity index (χ1n) is 2.17. The molecule has 73 valence electrons. The van der Waals surface area contributed by atoms with Gasteiger partial charge in [0.15, 0.2) is 5.78 Å². The summed E-state index contributed by atoms with van der Waals surface area (Å²) in [5, 5.41) is 0. The van der Waals surface area contributed by atoms with E-state index in [1.165, 1.54) is 6.08 Å². The molecule has 0 atom stereocenters. The van der Waals surface area contributed by atoms with E-state index in [0.29, 0.717) is 0 Å². The van der Waals surface area contributed by atoms with E-state index >= 15 is 0 Å². The van der Waals surface area contributed by atoms with E-state index in [0.717, 1.165) is 0 Å². The third-order valence-corrected chi connectivity index (χ3v) is 0.554. The van der Waals surface area contributed by atoms with Crippen molar-refractivity contribution in [2.45, 2.75) is 6.92 Å². The van der Waals surface area contributed by atoms with Gasteiger partial charge < -0.3 is 24.6 Å². The summed E-state index contributed by atoms with van der Waals surface area (Å²) < 4.78 is 0. The van der Waals surface area contributed by atoms with E-state index in [1.807, 2.05) is 0 Å². The van der Waals surface area contributed by atoms with Crippen molar-refractivity contribution in [3.63, 3.8) is 0 Å². The van der Waals surface area contributed by atoms with Crippen LogP contribution in [0.2, 0.25) is 0 Å². The molecule has 0 aliphatic carbocycles. The summed E-state index contributed by atoms with van der Waals surface area (Å²) in [5.74, 6) is -0.0255. The number of rotatable bonds is 2. The minimum atomic E-state index is -0.0255. The van der Waals surface area contributed by atoms with Crippen molar-refractivity contribution in [2.75, 3.05) is 6.54 Å². The van der Waals surface area contributed by atoms with Crippen LogP contribution in [0.1, 0.15) is 6.92 Å². The molecule has 0 unspecified atom stereocenters. The zero-order chi connectivity index (χ0) is 5.70. The quantitative estimate of drug-likeness (QED) is 0.307. The topological polar surface area (TPSA) is 43.1 Å². The predicted octanol–water partition coefficient (Wildman–Crippen LogP) is -11.9. The zero-order valence-corrected chi connectivity index (χ0v) is 8.51. The largest absolute Gasteiger partial charge is 4.00 e. The number of carbonyl (C=O) groups excluding carboxylic acids is 1. The van der Waals surface area contributed by atoms with Gasteiger partial charge >= 0.3 is 22.4 Å². The molecular formula is C5H9F4NNbO. The van der Waals surface area contributed by atoms with Gasteiger partial charge in [0.1, 0.15) is 0 Å². The monoisotopic (exact) mass is 268 g/mol. The first-order valence-corrected chi connectivity index (χ1v) is 2.17. The van der Waals surface area contributed by atoms with Crippen LogP contribution in [0.3, 0.4) is 0 Å². The van der Waals surface area contributed by atoms with Gasteiger partial charge in [-0.1, -0.05) is 6.08 Å².